The van der Waals surface area contributed by atoms with Crippen molar-refractivity contribution in [2.45, 2.75) is 4.90 Å². The maximum atomic E-state index is 12.0. The minimum atomic E-state index is -1.34. The van der Waals surface area contributed by atoms with E-state index in [1.807, 2.05) is 11.4 Å². The van der Waals surface area contributed by atoms with E-state index in [2.05, 4.69) is 15.9 Å². The number of hydrogen-bond donors (Lipinski definition) is 0. The summed E-state index contributed by atoms with van der Waals surface area (Å²) in [7, 11) is -1.34. The monoisotopic (exact) mass is 362 g/mol. The number of thiophene rings is 1. The van der Waals surface area contributed by atoms with Gasteiger partial charge in [0.15, 0.2) is 5.78 Å². The Balaban J connectivity index is 2.10. The van der Waals surface area contributed by atoms with Crippen LogP contribution in [0.2, 0.25) is 5.02 Å². The molecule has 2 rings (SSSR count). The molecule has 0 amide bonds. The van der Waals surface area contributed by atoms with Gasteiger partial charge in [-0.25, -0.2) is 0 Å². The van der Waals surface area contributed by atoms with Gasteiger partial charge in [0.1, 0.15) is 0 Å². The molecular weight excluding hydrogens is 356 g/mol. The van der Waals surface area contributed by atoms with Crippen molar-refractivity contribution in [3.8, 4) is 0 Å². The first-order valence-corrected chi connectivity index (χ1v) is 8.35. The normalized spacial score (nSPS) is 12.3. The quantitative estimate of drug-likeness (QED) is 0.765. The second kappa shape index (κ2) is 6.10. The zero-order chi connectivity index (χ0) is 13.1. The molecule has 0 fully saturated rings. The number of benzene rings is 1. The number of carbonyl (C=O) groups is 1. The Morgan fingerprint density at radius 1 is 1.28 bits per heavy atom. The van der Waals surface area contributed by atoms with Gasteiger partial charge in [-0.2, -0.15) is 0 Å². The number of carbonyl (C=O) groups excluding carboxylic acids is 1. The molecule has 1 aromatic carbocycles. The van der Waals surface area contributed by atoms with E-state index < -0.39 is 10.8 Å². The topological polar surface area (TPSA) is 34.1 Å². The van der Waals surface area contributed by atoms with Crippen LogP contribution in [0.1, 0.15) is 9.67 Å². The van der Waals surface area contributed by atoms with E-state index in [0.29, 0.717) is 14.8 Å². The van der Waals surface area contributed by atoms with Crippen molar-refractivity contribution in [1.82, 2.24) is 0 Å². The highest BCUT2D eigenvalue weighted by molar-refractivity contribution is 9.10. The molecule has 0 saturated heterocycles. The standard InChI is InChI=1S/C12H8BrClO2S2/c13-10-5-6-17-12(10)11(15)7-18(16)9-3-1-8(14)2-4-9/h1-6H,7H2. The van der Waals surface area contributed by atoms with Crippen LogP contribution in [0.3, 0.4) is 0 Å². The Labute approximate surface area is 125 Å². The second-order valence-corrected chi connectivity index (χ2v) is 7.12. The molecule has 0 spiro atoms. The summed E-state index contributed by atoms with van der Waals surface area (Å²) >= 11 is 10.4. The maximum Gasteiger partial charge on any atom is 0.186 e. The van der Waals surface area contributed by atoms with Crippen LogP contribution < -0.4 is 0 Å². The summed E-state index contributed by atoms with van der Waals surface area (Å²) in [4.78, 5) is 13.2. The molecule has 6 heteroatoms. The van der Waals surface area contributed by atoms with Gasteiger partial charge in [-0.1, -0.05) is 11.6 Å². The van der Waals surface area contributed by atoms with Crippen molar-refractivity contribution in [2.75, 3.05) is 5.75 Å². The average Bonchev–Trinajstić information content (AvgIpc) is 2.76. The second-order valence-electron chi connectivity index (χ2n) is 3.46. The van der Waals surface area contributed by atoms with Crippen LogP contribution in [0.4, 0.5) is 0 Å². The largest absolute Gasteiger partial charge is 0.292 e. The fraction of sp³-hybridized carbons (Fsp3) is 0.0833. The number of ketones is 1. The minimum absolute atomic E-state index is 0.0131. The van der Waals surface area contributed by atoms with Crippen molar-refractivity contribution in [2.24, 2.45) is 0 Å². The van der Waals surface area contributed by atoms with E-state index in [0.717, 1.165) is 4.47 Å². The lowest BCUT2D eigenvalue weighted by Crippen LogP contribution is -2.10. The third kappa shape index (κ3) is 3.29. The highest BCUT2D eigenvalue weighted by Gasteiger charge is 2.15. The van der Waals surface area contributed by atoms with Crippen molar-refractivity contribution in [3.05, 3.63) is 50.1 Å². The summed E-state index contributed by atoms with van der Waals surface area (Å²) in [5.74, 6) is -0.133. The van der Waals surface area contributed by atoms with E-state index in [4.69, 9.17) is 11.6 Å². The molecule has 0 bridgehead atoms. The maximum absolute atomic E-state index is 12.0. The lowest BCUT2D eigenvalue weighted by atomic mass is 10.3. The molecule has 0 N–H and O–H groups in total. The summed E-state index contributed by atoms with van der Waals surface area (Å²) < 4.78 is 12.8. The minimum Gasteiger partial charge on any atom is -0.292 e. The molecular formula is C12H8BrClO2S2. The van der Waals surface area contributed by atoms with Crippen LogP contribution in [0.5, 0.6) is 0 Å². The number of halogens is 2. The molecule has 1 unspecified atom stereocenters. The zero-order valence-corrected chi connectivity index (χ0v) is 13.0. The van der Waals surface area contributed by atoms with Crippen molar-refractivity contribution in [3.63, 3.8) is 0 Å². The van der Waals surface area contributed by atoms with Gasteiger partial charge in [-0.3, -0.25) is 9.00 Å². The van der Waals surface area contributed by atoms with E-state index in [-0.39, 0.29) is 11.5 Å². The fourth-order valence-electron chi connectivity index (χ4n) is 1.35. The van der Waals surface area contributed by atoms with Gasteiger partial charge in [0, 0.05) is 14.4 Å². The summed E-state index contributed by atoms with van der Waals surface area (Å²) in [5, 5.41) is 2.41. The van der Waals surface area contributed by atoms with Crippen LogP contribution in [-0.4, -0.2) is 15.7 Å². The lowest BCUT2D eigenvalue weighted by molar-refractivity contribution is 0.102. The van der Waals surface area contributed by atoms with Gasteiger partial charge in [-0.15, -0.1) is 11.3 Å². The molecule has 0 radical (unpaired) electrons. The SMILES string of the molecule is O=C(CS(=O)c1ccc(Cl)cc1)c1sccc1Br. The molecule has 1 heterocycles. The highest BCUT2D eigenvalue weighted by Crippen LogP contribution is 2.24. The third-order valence-corrected chi connectivity index (χ3v) is 5.66. The van der Waals surface area contributed by atoms with Gasteiger partial charge in [0.25, 0.3) is 0 Å². The highest BCUT2D eigenvalue weighted by atomic mass is 79.9. The molecule has 2 nitrogen and oxygen atoms in total. The average molecular weight is 364 g/mol. The summed E-state index contributed by atoms with van der Waals surface area (Å²) in [6.07, 6.45) is 0. The predicted octanol–water partition coefficient (Wildman–Crippen LogP) is 4.15. The molecule has 0 aliphatic carbocycles. The Morgan fingerprint density at radius 2 is 1.94 bits per heavy atom. The van der Waals surface area contributed by atoms with Gasteiger partial charge in [0.2, 0.25) is 0 Å². The molecule has 0 aliphatic rings. The molecule has 94 valence electrons. The van der Waals surface area contributed by atoms with Gasteiger partial charge in [0.05, 0.1) is 21.4 Å². The van der Waals surface area contributed by atoms with E-state index >= 15 is 0 Å². The van der Waals surface area contributed by atoms with Gasteiger partial charge in [-0.05, 0) is 51.6 Å². The van der Waals surface area contributed by atoms with E-state index in [1.54, 1.807) is 24.3 Å². The van der Waals surface area contributed by atoms with E-state index in [9.17, 15) is 9.00 Å². The van der Waals surface area contributed by atoms with Crippen LogP contribution in [0, 0.1) is 0 Å². The number of Topliss-reactive ketones (excluding diaryl/α,β-unsaturated/α-hetero) is 1. The zero-order valence-electron chi connectivity index (χ0n) is 9.06. The number of hydrogen-bond acceptors (Lipinski definition) is 3. The molecule has 0 saturated carbocycles. The van der Waals surface area contributed by atoms with Crippen molar-refractivity contribution < 1.29 is 9.00 Å². The Kier molecular flexibility index (Phi) is 4.72. The molecule has 18 heavy (non-hydrogen) atoms. The Bertz CT molecular complexity index is 592. The number of rotatable bonds is 4. The first kappa shape index (κ1) is 13.9. The van der Waals surface area contributed by atoms with E-state index in [1.165, 1.54) is 11.3 Å². The smallest absolute Gasteiger partial charge is 0.186 e. The van der Waals surface area contributed by atoms with Crippen LogP contribution in [-0.2, 0) is 10.8 Å². The summed E-state index contributed by atoms with van der Waals surface area (Å²) in [5.41, 5.74) is 0. The summed E-state index contributed by atoms with van der Waals surface area (Å²) in [6, 6.07) is 8.49. The van der Waals surface area contributed by atoms with Crippen LogP contribution in [0.25, 0.3) is 0 Å². The predicted molar refractivity (Wildman–Crippen MR) is 79.1 cm³/mol. The summed E-state index contributed by atoms with van der Waals surface area (Å²) in [6.45, 7) is 0. The van der Waals surface area contributed by atoms with Crippen molar-refractivity contribution >= 4 is 55.5 Å². The Hall–Kier alpha value is -0.490. The molecule has 0 aliphatic heterocycles. The van der Waals surface area contributed by atoms with Crippen molar-refractivity contribution in [1.29, 1.82) is 0 Å². The molecule has 1 atom stereocenters. The Morgan fingerprint density at radius 3 is 2.50 bits per heavy atom. The molecule has 2 aromatic rings. The van der Waals surface area contributed by atoms with Crippen LogP contribution >= 0.6 is 38.9 Å². The first-order chi connectivity index (χ1) is 8.58. The van der Waals surface area contributed by atoms with Gasteiger partial charge >= 0.3 is 0 Å². The lowest BCUT2D eigenvalue weighted by Gasteiger charge is -2.01. The van der Waals surface area contributed by atoms with Crippen LogP contribution in [0.15, 0.2) is 45.1 Å². The first-order valence-electron chi connectivity index (χ1n) is 4.98. The third-order valence-electron chi connectivity index (χ3n) is 2.21. The molecule has 1 aromatic heterocycles. The van der Waals surface area contributed by atoms with Gasteiger partial charge < -0.3 is 0 Å². The fourth-order valence-corrected chi connectivity index (χ4v) is 4.09.